The molecule has 0 radical (unpaired) electrons. The third-order valence-electron chi connectivity index (χ3n) is 3.87. The Morgan fingerprint density at radius 1 is 1.48 bits per heavy atom. The number of carbonyl (C=O) groups is 1. The lowest BCUT2D eigenvalue weighted by Crippen LogP contribution is -2.40. The van der Waals surface area contributed by atoms with E-state index in [-0.39, 0.29) is 29.3 Å². The number of carbonyl (C=O) groups excluding carboxylic acids is 1. The summed E-state index contributed by atoms with van der Waals surface area (Å²) in [6.07, 6.45) is 3.66. The van der Waals surface area contributed by atoms with Crippen molar-refractivity contribution in [3.63, 3.8) is 0 Å². The molecule has 21 heavy (non-hydrogen) atoms. The van der Waals surface area contributed by atoms with Gasteiger partial charge in [0, 0.05) is 22.9 Å². The topological polar surface area (TPSA) is 80.9 Å². The van der Waals surface area contributed by atoms with Crippen molar-refractivity contribution in [1.29, 1.82) is 0 Å². The number of rotatable bonds is 2. The maximum atomic E-state index is 11.7. The second-order valence-electron chi connectivity index (χ2n) is 7.71. The third-order valence-corrected chi connectivity index (χ3v) is 3.87. The molecule has 1 aromatic rings. The lowest BCUT2D eigenvalue weighted by Gasteiger charge is -2.37. The van der Waals surface area contributed by atoms with Gasteiger partial charge < -0.3 is 11.1 Å². The van der Waals surface area contributed by atoms with Crippen LogP contribution in [0.5, 0.6) is 0 Å². The predicted molar refractivity (Wildman–Crippen MR) is 82.8 cm³/mol. The quantitative estimate of drug-likeness (QED) is 0.871. The first-order chi connectivity index (χ1) is 9.62. The first-order valence-electron chi connectivity index (χ1n) is 7.48. The Morgan fingerprint density at radius 2 is 2.14 bits per heavy atom. The molecule has 0 fully saturated rings. The zero-order valence-corrected chi connectivity index (χ0v) is 13.7. The first kappa shape index (κ1) is 15.9. The maximum Gasteiger partial charge on any atom is 0.234 e. The molecule has 5 nitrogen and oxygen atoms in total. The number of fused-ring (bicyclic) bond motifs is 1. The van der Waals surface area contributed by atoms with Crippen molar-refractivity contribution in [2.75, 3.05) is 6.54 Å². The number of nitrogens with one attached hydrogen (secondary N) is 1. The van der Waals surface area contributed by atoms with E-state index in [1.807, 2.05) is 6.20 Å². The zero-order chi connectivity index (χ0) is 15.8. The van der Waals surface area contributed by atoms with E-state index in [1.54, 1.807) is 0 Å². The Balaban J connectivity index is 2.40. The van der Waals surface area contributed by atoms with Crippen molar-refractivity contribution in [3.8, 4) is 0 Å². The molecule has 0 spiro atoms. The number of nitrogens with two attached hydrogens (primary N) is 1. The van der Waals surface area contributed by atoms with Gasteiger partial charge in [-0.1, -0.05) is 34.6 Å². The summed E-state index contributed by atoms with van der Waals surface area (Å²) >= 11 is 0. The van der Waals surface area contributed by atoms with Crippen LogP contribution in [0.3, 0.4) is 0 Å². The van der Waals surface area contributed by atoms with Gasteiger partial charge in [-0.3, -0.25) is 4.79 Å². The molecule has 2 rings (SSSR count). The van der Waals surface area contributed by atoms with Crippen molar-refractivity contribution >= 4 is 5.91 Å². The normalized spacial score (nSPS) is 20.8. The Labute approximate surface area is 126 Å². The Morgan fingerprint density at radius 3 is 2.71 bits per heavy atom. The highest BCUT2D eigenvalue weighted by molar-refractivity contribution is 5.78. The number of nitrogens with zero attached hydrogens (tertiary/aromatic N) is 2. The number of hydrogen-bond acceptors (Lipinski definition) is 4. The molecule has 0 aliphatic heterocycles. The van der Waals surface area contributed by atoms with Crippen molar-refractivity contribution in [1.82, 2.24) is 15.3 Å². The van der Waals surface area contributed by atoms with Crippen molar-refractivity contribution in [2.45, 2.75) is 58.9 Å². The van der Waals surface area contributed by atoms with Crippen LogP contribution in [0.4, 0.5) is 0 Å². The molecule has 0 saturated carbocycles. The fraction of sp³-hybridized carbons (Fsp3) is 0.688. The first-order valence-corrected chi connectivity index (χ1v) is 7.48. The van der Waals surface area contributed by atoms with E-state index in [2.05, 4.69) is 44.9 Å². The summed E-state index contributed by atoms with van der Waals surface area (Å²) in [5, 5.41) is 2.99. The molecule has 1 amide bonds. The van der Waals surface area contributed by atoms with Crippen LogP contribution in [0.25, 0.3) is 0 Å². The van der Waals surface area contributed by atoms with Gasteiger partial charge in [-0.05, 0) is 18.3 Å². The van der Waals surface area contributed by atoms with Crippen LogP contribution < -0.4 is 11.1 Å². The molecule has 1 aliphatic carbocycles. The summed E-state index contributed by atoms with van der Waals surface area (Å²) in [4.78, 5) is 20.9. The van der Waals surface area contributed by atoms with Gasteiger partial charge in [0.1, 0.15) is 5.82 Å². The fourth-order valence-electron chi connectivity index (χ4n) is 2.79. The highest BCUT2D eigenvalue weighted by atomic mass is 16.1. The van der Waals surface area contributed by atoms with Crippen LogP contribution in [0.2, 0.25) is 0 Å². The summed E-state index contributed by atoms with van der Waals surface area (Å²) in [6, 6.07) is -0.0474. The summed E-state index contributed by atoms with van der Waals surface area (Å²) in [5.74, 6) is 0.714. The van der Waals surface area contributed by atoms with Crippen LogP contribution in [-0.2, 0) is 16.6 Å². The molecular formula is C16H26N4O. The summed E-state index contributed by atoms with van der Waals surface area (Å²) in [6.45, 7) is 10.7. The fourth-order valence-corrected chi connectivity index (χ4v) is 2.79. The van der Waals surface area contributed by atoms with Crippen molar-refractivity contribution < 1.29 is 4.79 Å². The van der Waals surface area contributed by atoms with Gasteiger partial charge in [-0.15, -0.1) is 0 Å². The second kappa shape index (κ2) is 5.37. The monoisotopic (exact) mass is 290 g/mol. The van der Waals surface area contributed by atoms with E-state index in [0.29, 0.717) is 0 Å². The number of amides is 1. The number of aromatic nitrogens is 2. The minimum absolute atomic E-state index is 0.00714. The lowest BCUT2D eigenvalue weighted by atomic mass is 9.74. The maximum absolute atomic E-state index is 11.7. The standard InChI is InChI=1S/C16H26N4O/c1-15(2,3)14-18-9-10-11(19-13(21)8-17)6-16(4,5)7-12(10)20-14/h9,11H,6-8,17H2,1-5H3,(H,19,21)/t11-/m0/s1. The largest absolute Gasteiger partial charge is 0.348 e. The average Bonchev–Trinajstić information content (AvgIpc) is 2.35. The molecule has 0 unspecified atom stereocenters. The molecule has 0 bridgehead atoms. The van der Waals surface area contributed by atoms with Crippen LogP contribution in [0.15, 0.2) is 6.20 Å². The predicted octanol–water partition coefficient (Wildman–Crippen LogP) is 1.86. The van der Waals surface area contributed by atoms with E-state index in [9.17, 15) is 4.79 Å². The minimum atomic E-state index is -0.136. The van der Waals surface area contributed by atoms with E-state index in [4.69, 9.17) is 10.7 Å². The summed E-state index contributed by atoms with van der Waals surface area (Å²) < 4.78 is 0. The third kappa shape index (κ3) is 3.59. The highest BCUT2D eigenvalue weighted by Gasteiger charge is 2.35. The molecule has 0 aromatic carbocycles. The van der Waals surface area contributed by atoms with Gasteiger partial charge >= 0.3 is 0 Å². The minimum Gasteiger partial charge on any atom is -0.348 e. The van der Waals surface area contributed by atoms with Crippen LogP contribution in [0.1, 0.15) is 64.2 Å². The van der Waals surface area contributed by atoms with E-state index in [1.165, 1.54) is 0 Å². The van der Waals surface area contributed by atoms with Gasteiger partial charge in [0.15, 0.2) is 0 Å². The van der Waals surface area contributed by atoms with Gasteiger partial charge in [0.2, 0.25) is 5.91 Å². The van der Waals surface area contributed by atoms with E-state index in [0.717, 1.165) is 29.9 Å². The SMILES string of the molecule is CC1(C)Cc2nc(C(C)(C)C)ncc2[C@@H](NC(=O)CN)C1. The molecule has 0 saturated heterocycles. The molecule has 5 heteroatoms. The molecule has 1 aliphatic rings. The molecule has 1 heterocycles. The summed E-state index contributed by atoms with van der Waals surface area (Å²) in [7, 11) is 0. The van der Waals surface area contributed by atoms with Crippen molar-refractivity contribution in [2.24, 2.45) is 11.1 Å². The molecule has 1 aromatic heterocycles. The van der Waals surface area contributed by atoms with E-state index < -0.39 is 0 Å². The van der Waals surface area contributed by atoms with Crippen molar-refractivity contribution in [3.05, 3.63) is 23.3 Å². The summed E-state index contributed by atoms with van der Waals surface area (Å²) in [5.41, 5.74) is 7.52. The molecular weight excluding hydrogens is 264 g/mol. The highest BCUT2D eigenvalue weighted by Crippen LogP contribution is 2.40. The Kier molecular flexibility index (Phi) is 4.06. The number of hydrogen-bond donors (Lipinski definition) is 2. The van der Waals surface area contributed by atoms with Gasteiger partial charge in [0.25, 0.3) is 0 Å². The molecule has 1 atom stereocenters. The zero-order valence-electron chi connectivity index (χ0n) is 13.7. The van der Waals surface area contributed by atoms with Crippen LogP contribution in [-0.4, -0.2) is 22.4 Å². The Hall–Kier alpha value is -1.49. The van der Waals surface area contributed by atoms with Gasteiger partial charge in [-0.25, -0.2) is 9.97 Å². The molecule has 116 valence electrons. The average molecular weight is 290 g/mol. The van der Waals surface area contributed by atoms with Crippen LogP contribution >= 0.6 is 0 Å². The second-order valence-corrected chi connectivity index (χ2v) is 7.71. The smallest absolute Gasteiger partial charge is 0.234 e. The van der Waals surface area contributed by atoms with Gasteiger partial charge in [0.05, 0.1) is 12.6 Å². The van der Waals surface area contributed by atoms with Crippen LogP contribution in [0, 0.1) is 5.41 Å². The lowest BCUT2D eigenvalue weighted by molar-refractivity contribution is -0.120. The molecule has 3 N–H and O–H groups in total. The van der Waals surface area contributed by atoms with Gasteiger partial charge in [-0.2, -0.15) is 0 Å². The van der Waals surface area contributed by atoms with E-state index >= 15 is 0 Å². The Bertz CT molecular complexity index is 546.